The predicted molar refractivity (Wildman–Crippen MR) is 81.8 cm³/mol. The van der Waals surface area contributed by atoms with E-state index in [2.05, 4.69) is 31.2 Å². The van der Waals surface area contributed by atoms with Crippen LogP contribution in [0.4, 0.5) is 5.69 Å². The molecule has 1 N–H and O–H groups in total. The number of hydrogen-bond acceptors (Lipinski definition) is 4. The molecule has 0 unspecified atom stereocenters. The van der Waals surface area contributed by atoms with Gasteiger partial charge < -0.3 is 9.73 Å². The van der Waals surface area contributed by atoms with Crippen LogP contribution in [0.2, 0.25) is 0 Å². The van der Waals surface area contributed by atoms with Gasteiger partial charge in [0.25, 0.3) is 5.91 Å². The van der Waals surface area contributed by atoms with Crippen molar-refractivity contribution in [3.63, 3.8) is 0 Å². The summed E-state index contributed by atoms with van der Waals surface area (Å²) in [5.74, 6) is 0.373. The summed E-state index contributed by atoms with van der Waals surface area (Å²) in [5, 5.41) is 2.80. The molecule has 0 fully saturated rings. The minimum atomic E-state index is -0.272. The molecule has 5 nitrogen and oxygen atoms in total. The van der Waals surface area contributed by atoms with Crippen LogP contribution in [0.15, 0.2) is 64.1 Å². The molecule has 0 aliphatic heterocycles. The second-order valence-electron chi connectivity index (χ2n) is 4.25. The van der Waals surface area contributed by atoms with Crippen LogP contribution in [0.25, 0.3) is 11.3 Å². The number of rotatable bonds is 3. The molecular weight excluding hydrogens is 334 g/mol. The van der Waals surface area contributed by atoms with Gasteiger partial charge in [-0.1, -0.05) is 18.2 Å². The van der Waals surface area contributed by atoms with Crippen molar-refractivity contribution in [2.75, 3.05) is 5.32 Å². The van der Waals surface area contributed by atoms with E-state index in [9.17, 15) is 4.79 Å². The second kappa shape index (κ2) is 5.88. The van der Waals surface area contributed by atoms with Gasteiger partial charge in [-0.2, -0.15) is 0 Å². The maximum Gasteiger partial charge on any atom is 0.274 e. The van der Waals surface area contributed by atoms with Crippen molar-refractivity contribution < 1.29 is 9.21 Å². The fraction of sp³-hybridized carbons (Fsp3) is 0. The lowest BCUT2D eigenvalue weighted by molar-refractivity contribution is 0.102. The maximum absolute atomic E-state index is 12.1. The van der Waals surface area contributed by atoms with Crippen LogP contribution in [-0.2, 0) is 0 Å². The molecule has 3 rings (SSSR count). The standard InChI is InChI=1S/C15H10BrN3O2/c16-14-6-2-5-12(19-14)15(20)18-11-4-1-3-10(7-11)13-8-17-9-21-13/h1-9H,(H,18,20). The molecule has 0 saturated heterocycles. The molecule has 0 aliphatic rings. The van der Waals surface area contributed by atoms with E-state index in [1.54, 1.807) is 30.5 Å². The first-order chi connectivity index (χ1) is 10.2. The van der Waals surface area contributed by atoms with Crippen molar-refractivity contribution in [1.29, 1.82) is 0 Å². The Morgan fingerprint density at radius 1 is 1.19 bits per heavy atom. The van der Waals surface area contributed by atoms with Crippen LogP contribution in [0.5, 0.6) is 0 Å². The van der Waals surface area contributed by atoms with Crippen molar-refractivity contribution in [2.24, 2.45) is 0 Å². The fourth-order valence-electron chi connectivity index (χ4n) is 1.84. The summed E-state index contributed by atoms with van der Waals surface area (Å²) in [4.78, 5) is 20.1. The summed E-state index contributed by atoms with van der Waals surface area (Å²) in [7, 11) is 0. The average Bonchev–Trinajstić information content (AvgIpc) is 3.02. The Morgan fingerprint density at radius 3 is 2.81 bits per heavy atom. The Morgan fingerprint density at radius 2 is 2.05 bits per heavy atom. The summed E-state index contributed by atoms with van der Waals surface area (Å²) < 4.78 is 5.85. The van der Waals surface area contributed by atoms with Crippen LogP contribution in [0, 0.1) is 0 Å². The molecule has 0 aliphatic carbocycles. The summed E-state index contributed by atoms with van der Waals surface area (Å²) in [6.07, 6.45) is 2.99. The minimum absolute atomic E-state index is 0.272. The molecule has 6 heteroatoms. The molecule has 0 spiro atoms. The van der Waals surface area contributed by atoms with Crippen LogP contribution in [-0.4, -0.2) is 15.9 Å². The number of nitrogens with zero attached hydrogens (tertiary/aromatic N) is 2. The first-order valence-corrected chi connectivity index (χ1v) is 6.94. The third kappa shape index (κ3) is 3.17. The third-order valence-corrected chi connectivity index (χ3v) is 3.23. The van der Waals surface area contributed by atoms with Gasteiger partial charge in [-0.25, -0.2) is 9.97 Å². The van der Waals surface area contributed by atoms with Gasteiger partial charge in [0.1, 0.15) is 10.3 Å². The molecule has 1 aromatic carbocycles. The molecule has 0 saturated carbocycles. The van der Waals surface area contributed by atoms with E-state index in [1.165, 1.54) is 6.39 Å². The van der Waals surface area contributed by atoms with Gasteiger partial charge in [-0.3, -0.25) is 4.79 Å². The minimum Gasteiger partial charge on any atom is -0.444 e. The van der Waals surface area contributed by atoms with Crippen molar-refractivity contribution in [3.8, 4) is 11.3 Å². The zero-order chi connectivity index (χ0) is 14.7. The molecule has 0 atom stereocenters. The summed E-state index contributed by atoms with van der Waals surface area (Å²) in [6.45, 7) is 0. The maximum atomic E-state index is 12.1. The molecule has 3 aromatic rings. The zero-order valence-corrected chi connectivity index (χ0v) is 12.4. The highest BCUT2D eigenvalue weighted by Crippen LogP contribution is 2.22. The number of anilines is 1. The molecule has 21 heavy (non-hydrogen) atoms. The Kier molecular flexibility index (Phi) is 3.79. The van der Waals surface area contributed by atoms with E-state index in [0.717, 1.165) is 5.56 Å². The van der Waals surface area contributed by atoms with Crippen molar-refractivity contribution in [1.82, 2.24) is 9.97 Å². The highest BCUT2D eigenvalue weighted by molar-refractivity contribution is 9.10. The number of aromatic nitrogens is 2. The van der Waals surface area contributed by atoms with Crippen molar-refractivity contribution in [2.45, 2.75) is 0 Å². The second-order valence-corrected chi connectivity index (χ2v) is 5.06. The summed E-state index contributed by atoms with van der Waals surface area (Å²) >= 11 is 3.24. The Bertz CT molecular complexity index is 772. The van der Waals surface area contributed by atoms with Gasteiger partial charge >= 0.3 is 0 Å². The third-order valence-electron chi connectivity index (χ3n) is 2.79. The highest BCUT2D eigenvalue weighted by Gasteiger charge is 2.09. The van der Waals surface area contributed by atoms with E-state index in [-0.39, 0.29) is 5.91 Å². The Labute approximate surface area is 129 Å². The first-order valence-electron chi connectivity index (χ1n) is 6.15. The number of nitrogens with one attached hydrogen (secondary N) is 1. The van der Waals surface area contributed by atoms with Crippen LogP contribution in [0.1, 0.15) is 10.5 Å². The average molecular weight is 344 g/mol. The van der Waals surface area contributed by atoms with Gasteiger partial charge in [0.15, 0.2) is 12.2 Å². The van der Waals surface area contributed by atoms with E-state index in [1.807, 2.05) is 18.2 Å². The van der Waals surface area contributed by atoms with E-state index in [0.29, 0.717) is 21.7 Å². The SMILES string of the molecule is O=C(Nc1cccc(-c2cnco2)c1)c1cccc(Br)n1. The first kappa shape index (κ1) is 13.5. The lowest BCUT2D eigenvalue weighted by atomic mass is 10.1. The molecule has 104 valence electrons. The summed E-state index contributed by atoms with van der Waals surface area (Å²) in [6, 6.07) is 12.5. The number of carbonyl (C=O) groups is 1. The zero-order valence-electron chi connectivity index (χ0n) is 10.8. The highest BCUT2D eigenvalue weighted by atomic mass is 79.9. The van der Waals surface area contributed by atoms with Gasteiger partial charge in [0.05, 0.1) is 6.20 Å². The summed E-state index contributed by atoms with van der Waals surface area (Å²) in [5.41, 5.74) is 1.85. The number of hydrogen-bond donors (Lipinski definition) is 1. The van der Waals surface area contributed by atoms with Crippen molar-refractivity contribution >= 4 is 27.5 Å². The van der Waals surface area contributed by atoms with Gasteiger partial charge in [0.2, 0.25) is 0 Å². The molecule has 1 amide bonds. The molecule has 2 heterocycles. The largest absolute Gasteiger partial charge is 0.444 e. The van der Waals surface area contributed by atoms with Gasteiger partial charge in [0, 0.05) is 11.3 Å². The number of carbonyl (C=O) groups excluding carboxylic acids is 1. The van der Waals surface area contributed by atoms with E-state index in [4.69, 9.17) is 4.42 Å². The Hall–Kier alpha value is -2.47. The quantitative estimate of drug-likeness (QED) is 0.735. The van der Waals surface area contributed by atoms with Crippen LogP contribution < -0.4 is 5.32 Å². The molecular formula is C15H10BrN3O2. The molecule has 0 radical (unpaired) electrons. The number of amides is 1. The lowest BCUT2D eigenvalue weighted by Gasteiger charge is -2.06. The van der Waals surface area contributed by atoms with Gasteiger partial charge in [-0.05, 0) is 40.2 Å². The number of pyridine rings is 1. The topological polar surface area (TPSA) is 68.0 Å². The van der Waals surface area contributed by atoms with Crippen molar-refractivity contribution in [3.05, 3.63) is 65.4 Å². The predicted octanol–water partition coefficient (Wildman–Crippen LogP) is 3.75. The van der Waals surface area contributed by atoms with E-state index >= 15 is 0 Å². The number of benzene rings is 1. The van der Waals surface area contributed by atoms with Gasteiger partial charge in [-0.15, -0.1) is 0 Å². The Balaban J connectivity index is 1.82. The number of oxazole rings is 1. The molecule has 0 bridgehead atoms. The van der Waals surface area contributed by atoms with E-state index < -0.39 is 0 Å². The lowest BCUT2D eigenvalue weighted by Crippen LogP contribution is -2.13. The molecule has 2 aromatic heterocycles. The number of halogens is 1. The fourth-order valence-corrected chi connectivity index (χ4v) is 2.18. The van der Waals surface area contributed by atoms with Crippen LogP contribution >= 0.6 is 15.9 Å². The normalized spacial score (nSPS) is 10.3. The smallest absolute Gasteiger partial charge is 0.274 e. The monoisotopic (exact) mass is 343 g/mol. The van der Waals surface area contributed by atoms with Crippen LogP contribution in [0.3, 0.4) is 0 Å².